The average Bonchev–Trinajstić information content (AvgIpc) is 3.41. The molecular formula is C25H26F2N6O2. The van der Waals surface area contributed by atoms with E-state index in [1.54, 1.807) is 23.2 Å². The Morgan fingerprint density at radius 3 is 2.86 bits per heavy atom. The molecule has 1 amide bonds. The van der Waals surface area contributed by atoms with Gasteiger partial charge in [-0.15, -0.1) is 0 Å². The number of hydrogen-bond acceptors (Lipinski definition) is 6. The van der Waals surface area contributed by atoms with E-state index in [-0.39, 0.29) is 24.6 Å². The van der Waals surface area contributed by atoms with E-state index in [2.05, 4.69) is 32.2 Å². The van der Waals surface area contributed by atoms with Gasteiger partial charge >= 0.3 is 0 Å². The van der Waals surface area contributed by atoms with Gasteiger partial charge in [-0.3, -0.25) is 19.8 Å². The molecule has 0 saturated carbocycles. The number of fused-ring (bicyclic) bond motifs is 1. The summed E-state index contributed by atoms with van der Waals surface area (Å²) >= 11 is 0. The molecule has 1 saturated heterocycles. The maximum Gasteiger partial charge on any atom is 0.276 e. The van der Waals surface area contributed by atoms with Crippen LogP contribution in [0.4, 0.5) is 14.5 Å². The molecule has 2 aromatic heterocycles. The van der Waals surface area contributed by atoms with Gasteiger partial charge in [0.2, 0.25) is 5.88 Å². The summed E-state index contributed by atoms with van der Waals surface area (Å²) in [5.74, 6) is -2.59. The van der Waals surface area contributed by atoms with Gasteiger partial charge in [-0.2, -0.15) is 5.10 Å². The number of anilines is 1. The number of aliphatic imine (C=N–C) groups is 1. The number of halogens is 2. The molecule has 0 unspecified atom stereocenters. The van der Waals surface area contributed by atoms with Crippen molar-refractivity contribution in [3.8, 4) is 5.88 Å². The Hall–Kier alpha value is -3.92. The van der Waals surface area contributed by atoms with Gasteiger partial charge < -0.3 is 10.1 Å². The SMILES string of the molecule is C=N/C=C(\C=C(/C)c1ccc2[nH]nc(C(=O)Nc3ccc(OC)nc3)c2c1)CN1CCC(F)(F)C1. The summed E-state index contributed by atoms with van der Waals surface area (Å²) in [6.07, 6.45) is 4.84. The first-order valence-electron chi connectivity index (χ1n) is 11.0. The van der Waals surface area contributed by atoms with Gasteiger partial charge in [-0.25, -0.2) is 13.8 Å². The van der Waals surface area contributed by atoms with Crippen LogP contribution < -0.4 is 10.1 Å². The van der Waals surface area contributed by atoms with E-state index >= 15 is 0 Å². The standard InChI is InChI=1S/C25H26F2N6O2/c1-16(10-17(12-28-2)14-33-9-8-25(26,27)15-33)18-4-6-21-20(11-18)23(32-31-21)24(34)30-19-5-7-22(35-3)29-13-19/h4-7,10-13H,2,8-9,14-15H2,1,3H3,(H,30,34)(H,31,32)/b16-10+,17-12+. The van der Waals surface area contributed by atoms with Crippen molar-refractivity contribution in [1.29, 1.82) is 0 Å². The zero-order chi connectivity index (χ0) is 25.0. The van der Waals surface area contributed by atoms with Crippen LogP contribution in [0.1, 0.15) is 29.4 Å². The normalized spacial score (nSPS) is 16.5. The molecule has 8 nitrogen and oxygen atoms in total. The third kappa shape index (κ3) is 5.78. The molecule has 3 aromatic rings. The molecule has 182 valence electrons. The fraction of sp³-hybridized carbons (Fsp3) is 0.280. The van der Waals surface area contributed by atoms with E-state index < -0.39 is 5.92 Å². The second kappa shape index (κ2) is 10.1. The van der Waals surface area contributed by atoms with Crippen molar-refractivity contribution in [3.63, 3.8) is 0 Å². The lowest BCUT2D eigenvalue weighted by Gasteiger charge is -2.16. The number of allylic oxidation sites excluding steroid dienone is 1. The smallest absolute Gasteiger partial charge is 0.276 e. The number of aromatic amines is 1. The number of carbonyl (C=O) groups excluding carboxylic acids is 1. The first kappa shape index (κ1) is 24.2. The molecule has 2 N–H and O–H groups in total. The molecule has 3 heterocycles. The zero-order valence-electron chi connectivity index (χ0n) is 19.5. The minimum absolute atomic E-state index is 0.140. The summed E-state index contributed by atoms with van der Waals surface area (Å²) in [6.45, 7) is 5.83. The van der Waals surface area contributed by atoms with Gasteiger partial charge in [0.1, 0.15) is 0 Å². The predicted octanol–water partition coefficient (Wildman–Crippen LogP) is 4.55. The van der Waals surface area contributed by atoms with Crippen molar-refractivity contribution in [2.75, 3.05) is 32.1 Å². The Balaban J connectivity index is 1.55. The van der Waals surface area contributed by atoms with E-state index in [9.17, 15) is 13.6 Å². The Kier molecular flexibility index (Phi) is 7.02. The van der Waals surface area contributed by atoms with Crippen LogP contribution in [-0.2, 0) is 0 Å². The fourth-order valence-corrected chi connectivity index (χ4v) is 4.00. The minimum atomic E-state index is -2.66. The number of ether oxygens (including phenoxy) is 1. The van der Waals surface area contributed by atoms with Gasteiger partial charge in [0.15, 0.2) is 5.69 Å². The van der Waals surface area contributed by atoms with Crippen LogP contribution in [0.25, 0.3) is 16.5 Å². The molecule has 0 spiro atoms. The van der Waals surface area contributed by atoms with Crippen molar-refractivity contribution >= 4 is 34.8 Å². The number of alkyl halides is 2. The summed E-state index contributed by atoms with van der Waals surface area (Å²) < 4.78 is 32.2. The monoisotopic (exact) mass is 480 g/mol. The highest BCUT2D eigenvalue weighted by molar-refractivity contribution is 6.11. The average molecular weight is 481 g/mol. The molecule has 4 rings (SSSR count). The van der Waals surface area contributed by atoms with Crippen LogP contribution >= 0.6 is 0 Å². The van der Waals surface area contributed by atoms with Crippen molar-refractivity contribution in [3.05, 3.63) is 65.6 Å². The molecular weight excluding hydrogens is 454 g/mol. The molecule has 1 aliphatic rings. The molecule has 0 bridgehead atoms. The lowest BCUT2D eigenvalue weighted by atomic mass is 10.0. The molecule has 0 aliphatic carbocycles. The van der Waals surface area contributed by atoms with E-state index in [4.69, 9.17) is 4.74 Å². The molecule has 35 heavy (non-hydrogen) atoms. The number of H-pyrrole nitrogens is 1. The van der Waals surface area contributed by atoms with E-state index in [0.717, 1.165) is 16.7 Å². The first-order chi connectivity index (χ1) is 16.8. The van der Waals surface area contributed by atoms with E-state index in [1.807, 2.05) is 31.2 Å². The number of nitrogens with zero attached hydrogens (tertiary/aromatic N) is 4. The summed E-state index contributed by atoms with van der Waals surface area (Å²) in [5, 5.41) is 10.5. The zero-order valence-corrected chi connectivity index (χ0v) is 19.5. The second-order valence-corrected chi connectivity index (χ2v) is 8.41. The molecule has 1 aliphatic heterocycles. The number of carbonyl (C=O) groups is 1. The Labute approximate surface area is 201 Å². The summed E-state index contributed by atoms with van der Waals surface area (Å²) in [7, 11) is 1.52. The van der Waals surface area contributed by atoms with Crippen LogP contribution in [0.2, 0.25) is 0 Å². The largest absolute Gasteiger partial charge is 0.481 e. The summed E-state index contributed by atoms with van der Waals surface area (Å²) in [5.41, 5.74) is 3.99. The lowest BCUT2D eigenvalue weighted by Crippen LogP contribution is -2.26. The Morgan fingerprint density at radius 1 is 1.37 bits per heavy atom. The highest BCUT2D eigenvalue weighted by Crippen LogP contribution is 2.28. The van der Waals surface area contributed by atoms with Crippen LogP contribution in [0.15, 0.2) is 59.4 Å². The fourth-order valence-electron chi connectivity index (χ4n) is 4.00. The van der Waals surface area contributed by atoms with Gasteiger partial charge in [-0.05, 0) is 48.6 Å². The van der Waals surface area contributed by atoms with Crippen molar-refractivity contribution in [2.45, 2.75) is 19.3 Å². The van der Waals surface area contributed by atoms with Gasteiger partial charge in [0.05, 0.1) is 31.1 Å². The van der Waals surface area contributed by atoms with Crippen molar-refractivity contribution in [2.24, 2.45) is 4.99 Å². The number of rotatable bonds is 8. The highest BCUT2D eigenvalue weighted by Gasteiger charge is 2.38. The number of aromatic nitrogens is 3. The van der Waals surface area contributed by atoms with Crippen LogP contribution in [-0.4, -0.2) is 65.4 Å². The predicted molar refractivity (Wildman–Crippen MR) is 132 cm³/mol. The Bertz CT molecular complexity index is 1300. The number of methoxy groups -OCH3 is 1. The van der Waals surface area contributed by atoms with Crippen LogP contribution in [0.3, 0.4) is 0 Å². The number of hydrogen-bond donors (Lipinski definition) is 2. The molecule has 0 radical (unpaired) electrons. The molecule has 1 fully saturated rings. The third-order valence-electron chi connectivity index (χ3n) is 5.75. The molecule has 10 heteroatoms. The van der Waals surface area contributed by atoms with Crippen LogP contribution in [0.5, 0.6) is 5.88 Å². The topological polar surface area (TPSA) is 95.5 Å². The second-order valence-electron chi connectivity index (χ2n) is 8.41. The van der Waals surface area contributed by atoms with E-state index in [1.165, 1.54) is 13.3 Å². The van der Waals surface area contributed by atoms with Gasteiger partial charge in [0, 0.05) is 37.2 Å². The maximum atomic E-state index is 13.6. The number of amides is 1. The quantitative estimate of drug-likeness (QED) is 0.364. The number of nitrogens with one attached hydrogen (secondary N) is 2. The van der Waals surface area contributed by atoms with Gasteiger partial charge in [0.25, 0.3) is 11.8 Å². The van der Waals surface area contributed by atoms with Crippen molar-refractivity contribution < 1.29 is 18.3 Å². The van der Waals surface area contributed by atoms with Crippen molar-refractivity contribution in [1.82, 2.24) is 20.1 Å². The summed E-state index contributed by atoms with van der Waals surface area (Å²) in [6, 6.07) is 8.96. The highest BCUT2D eigenvalue weighted by atomic mass is 19.3. The molecule has 0 atom stereocenters. The van der Waals surface area contributed by atoms with Crippen LogP contribution in [0, 0.1) is 0 Å². The third-order valence-corrected chi connectivity index (χ3v) is 5.75. The number of likely N-dealkylation sites (tertiary alicyclic amines) is 1. The maximum absolute atomic E-state index is 13.6. The van der Waals surface area contributed by atoms with Gasteiger partial charge in [-0.1, -0.05) is 12.1 Å². The lowest BCUT2D eigenvalue weighted by molar-refractivity contribution is 0.0131. The Morgan fingerprint density at radius 2 is 2.20 bits per heavy atom. The molecule has 1 aromatic carbocycles. The minimum Gasteiger partial charge on any atom is -0.481 e. The number of benzene rings is 1. The number of pyridine rings is 1. The van der Waals surface area contributed by atoms with E-state index in [0.29, 0.717) is 35.6 Å². The summed E-state index contributed by atoms with van der Waals surface area (Å²) in [4.78, 5) is 22.5. The first-order valence-corrected chi connectivity index (χ1v) is 11.0.